The van der Waals surface area contributed by atoms with Crippen LogP contribution >= 0.6 is 0 Å². The molecule has 1 aromatic carbocycles. The Labute approximate surface area is 184 Å². The molecule has 0 bridgehead atoms. The van der Waals surface area contributed by atoms with Gasteiger partial charge in [0.05, 0.1) is 6.10 Å². The zero-order valence-corrected chi connectivity index (χ0v) is 18.0. The van der Waals surface area contributed by atoms with Crippen LogP contribution in [-0.2, 0) is 21.5 Å². The molecule has 1 unspecified atom stereocenters. The van der Waals surface area contributed by atoms with Crippen LogP contribution in [0.15, 0.2) is 22.7 Å². The Hall–Kier alpha value is -2.88. The highest BCUT2D eigenvalue weighted by molar-refractivity contribution is 5.76. The van der Waals surface area contributed by atoms with Crippen molar-refractivity contribution in [2.45, 2.75) is 69.9 Å². The second-order valence-electron chi connectivity index (χ2n) is 8.18. The van der Waals surface area contributed by atoms with Crippen LogP contribution in [0, 0.1) is 11.6 Å². The van der Waals surface area contributed by atoms with E-state index < -0.39 is 23.3 Å². The van der Waals surface area contributed by atoms with Gasteiger partial charge in [0, 0.05) is 26.3 Å². The van der Waals surface area contributed by atoms with E-state index in [9.17, 15) is 23.5 Å². The van der Waals surface area contributed by atoms with Gasteiger partial charge in [0.1, 0.15) is 5.54 Å². The van der Waals surface area contributed by atoms with Gasteiger partial charge in [-0.3, -0.25) is 9.59 Å². The topological polar surface area (TPSA) is 117 Å². The van der Waals surface area contributed by atoms with E-state index in [4.69, 9.17) is 4.52 Å². The molecule has 3 rings (SSSR count). The average Bonchev–Trinajstić information content (AvgIpc) is 3.12. The summed E-state index contributed by atoms with van der Waals surface area (Å²) in [4.78, 5) is 28.3. The molecule has 1 heterocycles. The Balaban J connectivity index is 1.54. The summed E-state index contributed by atoms with van der Waals surface area (Å²) in [6.45, 7) is 1.32. The fraction of sp³-hybridized carbons (Fsp3) is 0.545. The summed E-state index contributed by atoms with van der Waals surface area (Å²) in [6.07, 6.45) is 4.60. The molecular weight excluding hydrogens is 422 g/mol. The Bertz CT molecular complexity index is 942. The van der Waals surface area contributed by atoms with Crippen molar-refractivity contribution in [2.24, 2.45) is 0 Å². The van der Waals surface area contributed by atoms with Crippen molar-refractivity contribution in [3.63, 3.8) is 0 Å². The largest absolute Gasteiger partial charge is 0.387 e. The number of aromatic nitrogens is 2. The number of amides is 2. The molecule has 0 radical (unpaired) electrons. The van der Waals surface area contributed by atoms with E-state index >= 15 is 0 Å². The quantitative estimate of drug-likeness (QED) is 0.533. The van der Waals surface area contributed by atoms with Gasteiger partial charge in [0.15, 0.2) is 17.5 Å². The number of halogens is 2. The van der Waals surface area contributed by atoms with Gasteiger partial charge in [-0.2, -0.15) is 4.98 Å². The molecule has 0 aliphatic heterocycles. The Morgan fingerprint density at radius 1 is 1.19 bits per heavy atom. The molecule has 0 saturated heterocycles. The zero-order valence-electron chi connectivity index (χ0n) is 18.0. The molecule has 174 valence electrons. The number of aliphatic hydroxyl groups is 1. The molecule has 2 aromatic rings. The van der Waals surface area contributed by atoms with Crippen LogP contribution in [0.25, 0.3) is 0 Å². The van der Waals surface area contributed by atoms with Crippen LogP contribution in [0.3, 0.4) is 0 Å². The standard InChI is InChI=1S/C22H28F2N4O4/c1-14(29)27-22(10-4-2-3-5-11-22)21-26-20(32-28-21)9-8-19(31)25-13-18(30)15-6-7-16(23)17(24)12-15/h6-7,12,18,30H,2-5,8-11,13H2,1H3,(H,25,31)(H,27,29). The number of hydrogen-bond acceptors (Lipinski definition) is 6. The lowest BCUT2D eigenvalue weighted by atomic mass is 9.89. The third kappa shape index (κ3) is 6.09. The SMILES string of the molecule is CC(=O)NC1(c2noc(CCC(=O)NCC(O)c3ccc(F)c(F)c3)n2)CCCCCC1. The summed E-state index contributed by atoms with van der Waals surface area (Å²) in [5, 5.41) is 19.7. The predicted octanol–water partition coefficient (Wildman–Crippen LogP) is 2.82. The Kier molecular flexibility index (Phi) is 7.89. The van der Waals surface area contributed by atoms with Crippen LogP contribution in [0.2, 0.25) is 0 Å². The molecule has 3 N–H and O–H groups in total. The molecule has 10 heteroatoms. The van der Waals surface area contributed by atoms with Crippen LogP contribution in [0.4, 0.5) is 8.78 Å². The normalized spacial score (nSPS) is 16.8. The van der Waals surface area contributed by atoms with E-state index in [1.807, 2.05) is 0 Å². The Morgan fingerprint density at radius 3 is 2.56 bits per heavy atom. The van der Waals surface area contributed by atoms with Gasteiger partial charge >= 0.3 is 0 Å². The highest BCUT2D eigenvalue weighted by Crippen LogP contribution is 2.34. The highest BCUT2D eigenvalue weighted by atomic mass is 19.2. The zero-order chi connectivity index (χ0) is 23.1. The number of hydrogen-bond donors (Lipinski definition) is 3. The maximum atomic E-state index is 13.3. The van der Waals surface area contributed by atoms with Crippen LogP contribution in [-0.4, -0.2) is 33.6 Å². The molecule has 8 nitrogen and oxygen atoms in total. The van der Waals surface area contributed by atoms with Crippen molar-refractivity contribution in [1.29, 1.82) is 0 Å². The van der Waals surface area contributed by atoms with E-state index in [0.717, 1.165) is 50.7 Å². The summed E-state index contributed by atoms with van der Waals surface area (Å²) in [5.74, 6) is -1.88. The van der Waals surface area contributed by atoms with Crippen LogP contribution in [0.5, 0.6) is 0 Å². The maximum absolute atomic E-state index is 13.3. The third-order valence-corrected chi connectivity index (χ3v) is 5.66. The monoisotopic (exact) mass is 450 g/mol. The number of aryl methyl sites for hydroxylation is 1. The van der Waals surface area contributed by atoms with Crippen LogP contribution < -0.4 is 10.6 Å². The predicted molar refractivity (Wildman–Crippen MR) is 110 cm³/mol. The molecule has 1 saturated carbocycles. The molecule has 1 fully saturated rings. The van der Waals surface area contributed by atoms with Gasteiger partial charge in [0.2, 0.25) is 17.7 Å². The number of nitrogens with zero attached hydrogens (tertiary/aromatic N) is 2. The van der Waals surface area contributed by atoms with Crippen molar-refractivity contribution < 1.29 is 28.0 Å². The summed E-state index contributed by atoms with van der Waals surface area (Å²) in [5.41, 5.74) is -0.488. The number of aliphatic hydroxyl groups excluding tert-OH is 1. The first kappa shape index (κ1) is 23.8. The maximum Gasteiger partial charge on any atom is 0.227 e. The summed E-state index contributed by atoms with van der Waals surface area (Å²) in [7, 11) is 0. The van der Waals surface area contributed by atoms with Crippen molar-refractivity contribution in [1.82, 2.24) is 20.8 Å². The van der Waals surface area contributed by atoms with Gasteiger partial charge in [-0.25, -0.2) is 8.78 Å². The lowest BCUT2D eigenvalue weighted by Gasteiger charge is -2.30. The fourth-order valence-corrected chi connectivity index (χ4v) is 3.98. The number of carbonyl (C=O) groups excluding carboxylic acids is 2. The first-order valence-electron chi connectivity index (χ1n) is 10.8. The lowest BCUT2D eigenvalue weighted by molar-refractivity contribution is -0.122. The molecule has 1 atom stereocenters. The van der Waals surface area contributed by atoms with Crippen molar-refractivity contribution in [3.8, 4) is 0 Å². The molecule has 1 aromatic heterocycles. The summed E-state index contributed by atoms with van der Waals surface area (Å²) >= 11 is 0. The first-order valence-corrected chi connectivity index (χ1v) is 10.8. The summed E-state index contributed by atoms with van der Waals surface area (Å²) in [6, 6.07) is 3.07. The highest BCUT2D eigenvalue weighted by Gasteiger charge is 2.38. The molecule has 1 aliphatic carbocycles. The van der Waals surface area contributed by atoms with E-state index in [1.54, 1.807) is 0 Å². The minimum atomic E-state index is -1.17. The van der Waals surface area contributed by atoms with Gasteiger partial charge in [-0.05, 0) is 30.5 Å². The van der Waals surface area contributed by atoms with Gasteiger partial charge in [-0.15, -0.1) is 0 Å². The lowest BCUT2D eigenvalue weighted by Crippen LogP contribution is -2.45. The fourth-order valence-electron chi connectivity index (χ4n) is 3.98. The van der Waals surface area contributed by atoms with Crippen molar-refractivity contribution in [2.75, 3.05) is 6.54 Å². The number of benzene rings is 1. The second kappa shape index (κ2) is 10.6. The smallest absolute Gasteiger partial charge is 0.227 e. The summed E-state index contributed by atoms with van der Waals surface area (Å²) < 4.78 is 31.6. The van der Waals surface area contributed by atoms with Gasteiger partial charge in [-0.1, -0.05) is 36.9 Å². The molecule has 32 heavy (non-hydrogen) atoms. The van der Waals surface area contributed by atoms with Gasteiger partial charge in [0.25, 0.3) is 0 Å². The third-order valence-electron chi connectivity index (χ3n) is 5.66. The average molecular weight is 450 g/mol. The molecule has 2 amide bonds. The van der Waals surface area contributed by atoms with Crippen molar-refractivity contribution in [3.05, 3.63) is 47.1 Å². The van der Waals surface area contributed by atoms with Crippen LogP contribution in [0.1, 0.15) is 75.3 Å². The number of nitrogens with one attached hydrogen (secondary N) is 2. The first-order chi connectivity index (χ1) is 15.3. The van der Waals surface area contributed by atoms with Crippen molar-refractivity contribution >= 4 is 11.8 Å². The number of rotatable bonds is 8. The van der Waals surface area contributed by atoms with Gasteiger partial charge < -0.3 is 20.3 Å². The second-order valence-corrected chi connectivity index (χ2v) is 8.18. The molecule has 0 spiro atoms. The number of carbonyl (C=O) groups is 2. The molecule has 1 aliphatic rings. The minimum absolute atomic E-state index is 0.0409. The molecular formula is C22H28F2N4O4. The van der Waals surface area contributed by atoms with E-state index in [1.165, 1.54) is 13.0 Å². The van der Waals surface area contributed by atoms with E-state index in [-0.39, 0.29) is 42.7 Å². The Morgan fingerprint density at radius 2 is 1.91 bits per heavy atom. The minimum Gasteiger partial charge on any atom is -0.387 e. The van der Waals surface area contributed by atoms with E-state index in [2.05, 4.69) is 20.8 Å². The van der Waals surface area contributed by atoms with E-state index in [0.29, 0.717) is 5.82 Å².